The molecule has 0 bridgehead atoms. The Morgan fingerprint density at radius 1 is 1.00 bits per heavy atom. The predicted octanol–water partition coefficient (Wildman–Crippen LogP) is 7.24. The Labute approximate surface area is 174 Å². The third-order valence-corrected chi connectivity index (χ3v) is 26.6. The second-order valence-corrected chi connectivity index (χ2v) is 24.6. The maximum atomic E-state index is 5.64. The van der Waals surface area contributed by atoms with Gasteiger partial charge in [-0.2, -0.15) is 0 Å². The topological polar surface area (TPSA) is 12.5 Å². The van der Waals surface area contributed by atoms with Gasteiger partial charge in [-0.05, 0) is 0 Å². The van der Waals surface area contributed by atoms with Crippen LogP contribution in [-0.2, 0) is 4.74 Å². The first-order chi connectivity index (χ1) is 13.0. The van der Waals surface area contributed by atoms with E-state index in [1.54, 1.807) is 19.0 Å². The van der Waals surface area contributed by atoms with Gasteiger partial charge in [-0.15, -0.1) is 0 Å². The van der Waals surface area contributed by atoms with Crippen LogP contribution in [0.4, 0.5) is 0 Å². The van der Waals surface area contributed by atoms with Gasteiger partial charge in [-0.1, -0.05) is 0 Å². The van der Waals surface area contributed by atoms with Crippen LogP contribution in [-0.4, -0.2) is 49.6 Å². The van der Waals surface area contributed by atoms with Gasteiger partial charge in [0.15, 0.2) is 0 Å². The summed E-state index contributed by atoms with van der Waals surface area (Å²) in [5.74, 6) is 0.846. The number of rotatable bonds is 11. The molecule has 1 heterocycles. The normalized spacial score (nSPS) is 26.9. The van der Waals surface area contributed by atoms with E-state index in [2.05, 4.69) is 45.6 Å². The van der Waals surface area contributed by atoms with Gasteiger partial charge < -0.3 is 0 Å². The summed E-state index contributed by atoms with van der Waals surface area (Å²) in [6.45, 7) is 16.5. The molecule has 27 heavy (non-hydrogen) atoms. The van der Waals surface area contributed by atoms with Crippen LogP contribution in [0.5, 0.6) is 0 Å². The van der Waals surface area contributed by atoms with Crippen LogP contribution in [0.25, 0.3) is 0 Å². The Balaban J connectivity index is 2.37. The van der Waals surface area contributed by atoms with E-state index in [0.29, 0.717) is 3.43 Å². The Morgan fingerprint density at radius 3 is 2.00 bits per heavy atom. The van der Waals surface area contributed by atoms with Gasteiger partial charge in [0.25, 0.3) is 0 Å². The first-order valence-corrected chi connectivity index (χ1v) is 19.5. The molecule has 0 aromatic heterocycles. The number of hydrogen-bond acceptors (Lipinski definition) is 2. The number of hydrogen-bond donors (Lipinski definition) is 0. The quantitative estimate of drug-likeness (QED) is 0.287. The second kappa shape index (κ2) is 11.5. The molecule has 1 fully saturated rings. The molecule has 2 atom stereocenters. The van der Waals surface area contributed by atoms with Crippen molar-refractivity contribution in [3.05, 3.63) is 11.8 Å². The van der Waals surface area contributed by atoms with Crippen molar-refractivity contribution in [2.24, 2.45) is 5.92 Å². The third-order valence-electron chi connectivity index (χ3n) is 7.47. The van der Waals surface area contributed by atoms with Crippen LogP contribution in [0.15, 0.2) is 11.8 Å². The molecule has 0 radical (unpaired) electrons. The molecule has 158 valence electrons. The first-order valence-electron chi connectivity index (χ1n) is 12.0. The molecule has 0 aromatic carbocycles. The summed E-state index contributed by atoms with van der Waals surface area (Å²) in [6.07, 6.45) is 14.2. The molecule has 2 rings (SSSR count). The molecule has 2 aliphatic rings. The van der Waals surface area contributed by atoms with Gasteiger partial charge in [0.1, 0.15) is 0 Å². The van der Waals surface area contributed by atoms with Crippen molar-refractivity contribution in [2.75, 3.05) is 26.3 Å². The van der Waals surface area contributed by atoms with Crippen molar-refractivity contribution in [1.82, 2.24) is 4.90 Å². The van der Waals surface area contributed by atoms with Crippen LogP contribution in [0.2, 0.25) is 16.7 Å². The zero-order valence-corrected chi connectivity index (χ0v) is 22.0. The molecule has 0 aromatic rings. The standard InChI is InChI=1S/C12H20NO.3C4H9.Sn/c1-10-7-11(2)9-12(8-10)13-3-5-14-6-4-13;3*1-3-4-2;/h8,11H,3-7,9H2,1-2H3;3*1,3-4H2,2H3;. The van der Waals surface area contributed by atoms with Gasteiger partial charge in [-0.3, -0.25) is 0 Å². The van der Waals surface area contributed by atoms with Gasteiger partial charge in [0, 0.05) is 0 Å². The fourth-order valence-electron chi connectivity index (χ4n) is 5.86. The Bertz CT molecular complexity index is 436. The van der Waals surface area contributed by atoms with Gasteiger partial charge in [0.05, 0.1) is 0 Å². The third kappa shape index (κ3) is 6.14. The van der Waals surface area contributed by atoms with Crippen molar-refractivity contribution in [3.8, 4) is 0 Å². The molecule has 2 nitrogen and oxygen atoms in total. The van der Waals surface area contributed by atoms with E-state index in [1.807, 2.05) is 0 Å². The fraction of sp³-hybridized carbons (Fsp3) is 0.917. The van der Waals surface area contributed by atoms with E-state index in [9.17, 15) is 0 Å². The number of allylic oxidation sites excluding steroid dienone is 2. The summed E-state index contributed by atoms with van der Waals surface area (Å²) in [4.78, 5) is 2.67. The molecule has 0 amide bonds. The summed E-state index contributed by atoms with van der Waals surface area (Å²) < 4.78 is 11.1. The van der Waals surface area contributed by atoms with E-state index < -0.39 is 18.4 Å². The Kier molecular flexibility index (Phi) is 10.0. The SMILES string of the molecule is CCC[CH2][Sn]([CH2]CCC)([CH2]CCC)[C]1(C)C=C(N2CCOCC2)CC(C)C1. The van der Waals surface area contributed by atoms with Crippen molar-refractivity contribution >= 4 is 18.4 Å². The van der Waals surface area contributed by atoms with E-state index >= 15 is 0 Å². The van der Waals surface area contributed by atoms with Crippen LogP contribution < -0.4 is 0 Å². The summed E-state index contributed by atoms with van der Waals surface area (Å²) in [5, 5.41) is 0. The summed E-state index contributed by atoms with van der Waals surface area (Å²) >= 11 is -2.31. The molecule has 1 aliphatic heterocycles. The van der Waals surface area contributed by atoms with Crippen molar-refractivity contribution in [1.29, 1.82) is 0 Å². The van der Waals surface area contributed by atoms with Crippen molar-refractivity contribution in [2.45, 2.75) is 103 Å². The van der Waals surface area contributed by atoms with E-state index in [4.69, 9.17) is 4.74 Å². The average Bonchev–Trinajstić information content (AvgIpc) is 2.67. The second-order valence-electron chi connectivity index (χ2n) is 9.76. The number of ether oxygens (including phenoxy) is 1. The van der Waals surface area contributed by atoms with Crippen molar-refractivity contribution < 1.29 is 4.74 Å². The Morgan fingerprint density at radius 2 is 1.52 bits per heavy atom. The monoisotopic (exact) mass is 485 g/mol. The van der Waals surface area contributed by atoms with Gasteiger partial charge in [-0.25, -0.2) is 0 Å². The minimum absolute atomic E-state index is 0.555. The molecule has 2 unspecified atom stereocenters. The molecule has 0 spiro atoms. The van der Waals surface area contributed by atoms with Crippen LogP contribution in [0, 0.1) is 5.92 Å². The predicted molar refractivity (Wildman–Crippen MR) is 122 cm³/mol. The zero-order valence-electron chi connectivity index (χ0n) is 19.1. The van der Waals surface area contributed by atoms with Gasteiger partial charge >= 0.3 is 175 Å². The summed E-state index contributed by atoms with van der Waals surface area (Å²) in [5.41, 5.74) is 1.69. The fourth-order valence-corrected chi connectivity index (χ4v) is 25.3. The summed E-state index contributed by atoms with van der Waals surface area (Å²) in [6, 6.07) is 0. The molecule has 0 saturated carbocycles. The molecule has 1 saturated heterocycles. The van der Waals surface area contributed by atoms with Crippen LogP contribution >= 0.6 is 0 Å². The molecular weight excluding hydrogens is 437 g/mol. The number of unbranched alkanes of at least 4 members (excludes halogenated alkanes) is 3. The maximum absolute atomic E-state index is 5.64. The van der Waals surface area contributed by atoms with Gasteiger partial charge in [0.2, 0.25) is 0 Å². The minimum atomic E-state index is -2.31. The number of nitrogens with zero attached hydrogens (tertiary/aromatic N) is 1. The van der Waals surface area contributed by atoms with Crippen LogP contribution in [0.3, 0.4) is 0 Å². The number of morpholine rings is 1. The van der Waals surface area contributed by atoms with Crippen molar-refractivity contribution in [3.63, 3.8) is 0 Å². The van der Waals surface area contributed by atoms with Crippen LogP contribution in [0.1, 0.15) is 86.0 Å². The summed E-state index contributed by atoms with van der Waals surface area (Å²) in [7, 11) is 0. The molecular formula is C24H47NOSn. The zero-order chi connectivity index (χ0) is 19.8. The molecule has 1 aliphatic carbocycles. The van der Waals surface area contributed by atoms with E-state index in [0.717, 1.165) is 32.2 Å². The Hall–Kier alpha value is 0.299. The molecule has 3 heteroatoms. The average molecular weight is 484 g/mol. The first kappa shape index (κ1) is 23.6. The van der Waals surface area contributed by atoms with E-state index in [-0.39, 0.29) is 0 Å². The van der Waals surface area contributed by atoms with E-state index in [1.165, 1.54) is 51.4 Å². The molecule has 0 N–H and O–H groups in total.